The van der Waals surface area contributed by atoms with Gasteiger partial charge in [0.2, 0.25) is 0 Å². The van der Waals surface area contributed by atoms with E-state index in [0.717, 1.165) is 64.2 Å². The lowest BCUT2D eigenvalue weighted by Gasteiger charge is -2.18. The van der Waals surface area contributed by atoms with E-state index < -0.39 is 6.10 Å². The molecule has 0 aliphatic rings. The SMILES string of the molecule is CCCC/C=C\CCCCCCCC(=O)OCC(COC(=O)CCCCCCCCCCCCCCCCC/C=C\CCCCCCCCCC)OC(=O)CCCCCCCCCCCCCCCCCCCCCC. The van der Waals surface area contributed by atoms with Gasteiger partial charge in [0, 0.05) is 19.3 Å². The van der Waals surface area contributed by atoms with Crippen LogP contribution in [0.25, 0.3) is 0 Å². The van der Waals surface area contributed by atoms with Crippen LogP contribution in [-0.2, 0) is 28.6 Å². The van der Waals surface area contributed by atoms with Crippen molar-refractivity contribution in [2.45, 2.75) is 393 Å². The zero-order valence-electron chi connectivity index (χ0n) is 51.6. The Balaban J connectivity index is 4.16. The summed E-state index contributed by atoms with van der Waals surface area (Å²) in [6.45, 7) is 6.67. The highest BCUT2D eigenvalue weighted by Gasteiger charge is 2.19. The molecular weight excluding hydrogens is 937 g/mol. The molecule has 0 heterocycles. The second-order valence-corrected chi connectivity index (χ2v) is 23.4. The lowest BCUT2D eigenvalue weighted by atomic mass is 10.0. The third kappa shape index (κ3) is 62.7. The summed E-state index contributed by atoms with van der Waals surface area (Å²) in [5.74, 6) is -0.850. The predicted octanol–water partition coefficient (Wildman–Crippen LogP) is 23.4. The van der Waals surface area contributed by atoms with E-state index >= 15 is 0 Å². The number of carbonyl (C=O) groups excluding carboxylic acids is 3. The van der Waals surface area contributed by atoms with Crippen LogP contribution in [0.4, 0.5) is 0 Å². The molecule has 6 heteroatoms. The molecular formula is C70H132O6. The molecule has 0 radical (unpaired) electrons. The Hall–Kier alpha value is -2.11. The molecule has 0 rings (SSSR count). The van der Waals surface area contributed by atoms with Gasteiger partial charge >= 0.3 is 17.9 Å². The standard InChI is InChI=1S/C70H132O6/c1-4-7-10-13-16-19-22-24-26-28-30-32-33-34-35-36-37-38-40-41-43-45-48-51-54-57-60-63-69(72)75-66-67(65-74-68(71)62-59-56-53-50-47-21-18-15-12-9-6-3)76-70(73)64-61-58-55-52-49-46-44-42-39-31-29-27-25-23-20-17-14-11-8-5-2/h15,18,28,30,67H,4-14,16-17,19-27,29,31-66H2,1-3H3/b18-15-,30-28-. The molecule has 1 atom stereocenters. The van der Waals surface area contributed by atoms with Crippen molar-refractivity contribution in [3.05, 3.63) is 24.3 Å². The number of esters is 3. The Morgan fingerprint density at radius 3 is 0.697 bits per heavy atom. The van der Waals surface area contributed by atoms with Crippen molar-refractivity contribution in [1.82, 2.24) is 0 Å². The smallest absolute Gasteiger partial charge is 0.306 e. The van der Waals surface area contributed by atoms with Crippen molar-refractivity contribution in [2.75, 3.05) is 13.2 Å². The molecule has 0 aromatic carbocycles. The van der Waals surface area contributed by atoms with Crippen LogP contribution in [-0.4, -0.2) is 37.2 Å². The molecule has 0 spiro atoms. The summed E-state index contributed by atoms with van der Waals surface area (Å²) in [7, 11) is 0. The average molecular weight is 1070 g/mol. The van der Waals surface area contributed by atoms with Gasteiger partial charge in [-0.1, -0.05) is 328 Å². The van der Waals surface area contributed by atoms with Crippen LogP contribution in [0.5, 0.6) is 0 Å². The molecule has 0 amide bonds. The first-order valence-electron chi connectivity index (χ1n) is 34.3. The van der Waals surface area contributed by atoms with Crippen LogP contribution in [0.15, 0.2) is 24.3 Å². The van der Waals surface area contributed by atoms with Crippen LogP contribution in [0.3, 0.4) is 0 Å². The van der Waals surface area contributed by atoms with Gasteiger partial charge in [0.15, 0.2) is 6.10 Å². The maximum absolute atomic E-state index is 12.9. The molecule has 1 unspecified atom stereocenters. The van der Waals surface area contributed by atoms with Gasteiger partial charge < -0.3 is 14.2 Å². The topological polar surface area (TPSA) is 78.9 Å². The monoisotopic (exact) mass is 1070 g/mol. The van der Waals surface area contributed by atoms with E-state index in [4.69, 9.17) is 14.2 Å². The number of hydrogen-bond donors (Lipinski definition) is 0. The van der Waals surface area contributed by atoms with Gasteiger partial charge in [-0.2, -0.15) is 0 Å². The van der Waals surface area contributed by atoms with Crippen LogP contribution < -0.4 is 0 Å². The fourth-order valence-electron chi connectivity index (χ4n) is 10.5. The number of rotatable bonds is 64. The van der Waals surface area contributed by atoms with Crippen molar-refractivity contribution >= 4 is 17.9 Å². The van der Waals surface area contributed by atoms with Crippen LogP contribution in [0.1, 0.15) is 387 Å². The molecule has 76 heavy (non-hydrogen) atoms. The molecule has 0 saturated carbocycles. The predicted molar refractivity (Wildman–Crippen MR) is 330 cm³/mol. The van der Waals surface area contributed by atoms with Crippen LogP contribution in [0.2, 0.25) is 0 Å². The lowest BCUT2D eigenvalue weighted by Crippen LogP contribution is -2.30. The van der Waals surface area contributed by atoms with Crippen molar-refractivity contribution in [1.29, 1.82) is 0 Å². The Labute approximate surface area is 474 Å². The Morgan fingerprint density at radius 2 is 0.447 bits per heavy atom. The third-order valence-corrected chi connectivity index (χ3v) is 15.7. The van der Waals surface area contributed by atoms with E-state index in [0.29, 0.717) is 19.3 Å². The minimum absolute atomic E-state index is 0.0681. The molecule has 6 nitrogen and oxygen atoms in total. The summed E-state index contributed by atoms with van der Waals surface area (Å²) in [5, 5.41) is 0. The third-order valence-electron chi connectivity index (χ3n) is 15.7. The largest absolute Gasteiger partial charge is 0.462 e. The molecule has 0 N–H and O–H groups in total. The van der Waals surface area contributed by atoms with Gasteiger partial charge in [-0.05, 0) is 64.2 Å². The lowest BCUT2D eigenvalue weighted by molar-refractivity contribution is -0.167. The van der Waals surface area contributed by atoms with E-state index in [1.54, 1.807) is 0 Å². The summed E-state index contributed by atoms with van der Waals surface area (Å²) >= 11 is 0. The maximum atomic E-state index is 12.9. The fraction of sp³-hybridized carbons (Fsp3) is 0.900. The molecule has 0 aromatic heterocycles. The molecule has 0 aliphatic heterocycles. The van der Waals surface area contributed by atoms with Crippen molar-refractivity contribution in [3.63, 3.8) is 0 Å². The van der Waals surface area contributed by atoms with E-state index in [1.165, 1.54) is 283 Å². The highest BCUT2D eigenvalue weighted by Crippen LogP contribution is 2.18. The summed E-state index contributed by atoms with van der Waals surface area (Å²) in [6, 6.07) is 0. The summed E-state index contributed by atoms with van der Waals surface area (Å²) in [4.78, 5) is 38.3. The Bertz CT molecular complexity index is 1230. The number of carbonyl (C=O) groups is 3. The first kappa shape index (κ1) is 73.9. The van der Waals surface area contributed by atoms with E-state index in [-0.39, 0.29) is 31.1 Å². The summed E-state index contributed by atoms with van der Waals surface area (Å²) < 4.78 is 16.9. The molecule has 0 bridgehead atoms. The number of hydrogen-bond acceptors (Lipinski definition) is 6. The average Bonchev–Trinajstić information content (AvgIpc) is 3.42. The van der Waals surface area contributed by atoms with Crippen molar-refractivity contribution in [3.8, 4) is 0 Å². The highest BCUT2D eigenvalue weighted by atomic mass is 16.6. The quantitative estimate of drug-likeness (QED) is 0.0261. The number of allylic oxidation sites excluding steroid dienone is 4. The molecule has 0 aromatic rings. The summed E-state index contributed by atoms with van der Waals surface area (Å²) in [6.07, 6.45) is 79.3. The second-order valence-electron chi connectivity index (χ2n) is 23.4. The van der Waals surface area contributed by atoms with E-state index in [2.05, 4.69) is 45.1 Å². The zero-order chi connectivity index (χ0) is 55.0. The molecule has 448 valence electrons. The maximum Gasteiger partial charge on any atom is 0.306 e. The van der Waals surface area contributed by atoms with Crippen molar-refractivity contribution < 1.29 is 28.6 Å². The van der Waals surface area contributed by atoms with Gasteiger partial charge in [0.1, 0.15) is 13.2 Å². The summed E-state index contributed by atoms with van der Waals surface area (Å²) in [5.41, 5.74) is 0. The molecule has 0 saturated heterocycles. The van der Waals surface area contributed by atoms with Crippen LogP contribution >= 0.6 is 0 Å². The molecule has 0 fully saturated rings. The minimum atomic E-state index is -0.771. The van der Waals surface area contributed by atoms with E-state index in [9.17, 15) is 14.4 Å². The Kier molecular flexibility index (Phi) is 63.6. The van der Waals surface area contributed by atoms with Crippen molar-refractivity contribution in [2.24, 2.45) is 0 Å². The van der Waals surface area contributed by atoms with Gasteiger partial charge in [-0.15, -0.1) is 0 Å². The first-order chi connectivity index (χ1) is 37.5. The minimum Gasteiger partial charge on any atom is -0.462 e. The first-order valence-corrected chi connectivity index (χ1v) is 34.3. The second kappa shape index (κ2) is 65.4. The van der Waals surface area contributed by atoms with Gasteiger partial charge in [-0.25, -0.2) is 0 Å². The zero-order valence-corrected chi connectivity index (χ0v) is 51.6. The number of ether oxygens (including phenoxy) is 3. The van der Waals surface area contributed by atoms with E-state index in [1.807, 2.05) is 0 Å². The van der Waals surface area contributed by atoms with Gasteiger partial charge in [0.05, 0.1) is 0 Å². The van der Waals surface area contributed by atoms with Gasteiger partial charge in [0.25, 0.3) is 0 Å². The Morgan fingerprint density at radius 1 is 0.250 bits per heavy atom. The van der Waals surface area contributed by atoms with Crippen LogP contribution in [0, 0.1) is 0 Å². The van der Waals surface area contributed by atoms with Gasteiger partial charge in [-0.3, -0.25) is 14.4 Å². The number of unbranched alkanes of at least 4 members (excludes halogenated alkanes) is 49. The fourth-order valence-corrected chi connectivity index (χ4v) is 10.5. The highest BCUT2D eigenvalue weighted by molar-refractivity contribution is 5.71. The molecule has 0 aliphatic carbocycles. The normalized spacial score (nSPS) is 12.1.